The number of epoxide rings is 1. The summed E-state index contributed by atoms with van der Waals surface area (Å²) in [5, 5.41) is 2.52. The van der Waals surface area contributed by atoms with Crippen molar-refractivity contribution in [2.45, 2.75) is 12.6 Å². The SMILES string of the molecule is C(=C(c1ccccc1)c1ccccc1)c1ccc2c(c1)c1cc(C=C(c3ccccc3)c3ccccc3)ccc1n2CC1CO1. The Labute approximate surface area is 264 Å². The van der Waals surface area contributed by atoms with Crippen LogP contribution in [0.3, 0.4) is 0 Å². The quantitative estimate of drug-likeness (QED) is 0.129. The number of benzene rings is 6. The Morgan fingerprint density at radius 1 is 0.511 bits per heavy atom. The molecule has 2 nitrogen and oxygen atoms in total. The highest BCUT2D eigenvalue weighted by Gasteiger charge is 2.25. The molecule has 45 heavy (non-hydrogen) atoms. The topological polar surface area (TPSA) is 17.5 Å². The molecule has 7 aromatic rings. The van der Waals surface area contributed by atoms with Crippen LogP contribution in [0.15, 0.2) is 158 Å². The summed E-state index contributed by atoms with van der Waals surface area (Å²) in [6.45, 7) is 1.70. The zero-order valence-electron chi connectivity index (χ0n) is 25.0. The fraction of sp³-hybridized carbons (Fsp3) is 0.0698. The molecule has 0 bridgehead atoms. The maximum Gasteiger partial charge on any atom is 0.0988 e. The van der Waals surface area contributed by atoms with E-state index in [0.717, 1.165) is 13.2 Å². The Bertz CT molecular complexity index is 1920. The van der Waals surface area contributed by atoms with Crippen LogP contribution < -0.4 is 0 Å². The largest absolute Gasteiger partial charge is 0.371 e. The van der Waals surface area contributed by atoms with Crippen molar-refractivity contribution in [3.05, 3.63) is 191 Å². The lowest BCUT2D eigenvalue weighted by Gasteiger charge is -2.09. The zero-order valence-corrected chi connectivity index (χ0v) is 25.0. The summed E-state index contributed by atoms with van der Waals surface area (Å²) in [5.74, 6) is 0. The summed E-state index contributed by atoms with van der Waals surface area (Å²) in [5.41, 5.74) is 12.1. The molecule has 8 rings (SSSR count). The molecule has 6 aromatic carbocycles. The van der Waals surface area contributed by atoms with Crippen molar-refractivity contribution in [3.8, 4) is 0 Å². The molecule has 1 aliphatic heterocycles. The molecule has 1 aliphatic rings. The highest BCUT2D eigenvalue weighted by molar-refractivity contribution is 6.10. The predicted octanol–water partition coefficient (Wildman–Crippen LogP) is 10.4. The molecule has 0 amide bonds. The Balaban J connectivity index is 1.30. The van der Waals surface area contributed by atoms with Gasteiger partial charge in [-0.1, -0.05) is 133 Å². The van der Waals surface area contributed by atoms with E-state index in [2.05, 4.69) is 174 Å². The van der Waals surface area contributed by atoms with E-state index in [9.17, 15) is 0 Å². The van der Waals surface area contributed by atoms with Crippen LogP contribution in [0.5, 0.6) is 0 Å². The molecule has 0 saturated carbocycles. The van der Waals surface area contributed by atoms with Gasteiger partial charge in [0.25, 0.3) is 0 Å². The average Bonchev–Trinajstić information content (AvgIpc) is 3.89. The highest BCUT2D eigenvalue weighted by atomic mass is 16.6. The normalized spacial score (nSPS) is 13.9. The first kappa shape index (κ1) is 27.1. The molecule has 2 heterocycles. The van der Waals surface area contributed by atoms with Gasteiger partial charge in [-0.3, -0.25) is 0 Å². The molecule has 1 atom stereocenters. The fourth-order valence-electron chi connectivity index (χ4n) is 6.36. The molecule has 1 unspecified atom stereocenters. The molecule has 1 fully saturated rings. The lowest BCUT2D eigenvalue weighted by Crippen LogP contribution is -2.03. The van der Waals surface area contributed by atoms with Gasteiger partial charge in [0, 0.05) is 21.8 Å². The Kier molecular flexibility index (Phi) is 7.19. The fourth-order valence-corrected chi connectivity index (χ4v) is 6.36. The maximum absolute atomic E-state index is 5.69. The van der Waals surface area contributed by atoms with Gasteiger partial charge in [-0.15, -0.1) is 0 Å². The van der Waals surface area contributed by atoms with Gasteiger partial charge in [-0.2, -0.15) is 0 Å². The van der Waals surface area contributed by atoms with Crippen LogP contribution in [0.25, 0.3) is 45.1 Å². The minimum Gasteiger partial charge on any atom is -0.371 e. The van der Waals surface area contributed by atoms with Crippen LogP contribution in [0.4, 0.5) is 0 Å². The van der Waals surface area contributed by atoms with E-state index >= 15 is 0 Å². The molecule has 0 spiro atoms. The van der Waals surface area contributed by atoms with Gasteiger partial charge >= 0.3 is 0 Å². The standard InChI is InChI=1S/C43H33NO/c1-5-13-33(14-6-1)38(34-15-7-2-8-16-34)25-31-21-23-42-40(27-31)41-28-32(22-24-43(41)44(42)29-37-30-45-37)26-39(35-17-9-3-10-18-35)36-19-11-4-12-20-36/h1-28,37H,29-30H2. The van der Waals surface area contributed by atoms with Gasteiger partial charge in [0.15, 0.2) is 0 Å². The van der Waals surface area contributed by atoms with Gasteiger partial charge in [0.05, 0.1) is 19.3 Å². The number of hydrogen-bond acceptors (Lipinski definition) is 1. The Morgan fingerprint density at radius 2 is 0.867 bits per heavy atom. The summed E-state index contributed by atoms with van der Waals surface area (Å²) in [6, 6.07) is 56.5. The van der Waals surface area contributed by atoms with E-state index in [-0.39, 0.29) is 6.10 Å². The van der Waals surface area contributed by atoms with Crippen LogP contribution in [0, 0.1) is 0 Å². The number of aromatic nitrogens is 1. The monoisotopic (exact) mass is 579 g/mol. The number of rotatable bonds is 8. The third-order valence-corrected chi connectivity index (χ3v) is 8.66. The summed E-state index contributed by atoms with van der Waals surface area (Å²) in [7, 11) is 0. The molecule has 216 valence electrons. The Morgan fingerprint density at radius 3 is 1.20 bits per heavy atom. The summed E-state index contributed by atoms with van der Waals surface area (Å²) >= 11 is 0. The predicted molar refractivity (Wildman–Crippen MR) is 189 cm³/mol. The van der Waals surface area contributed by atoms with Gasteiger partial charge < -0.3 is 9.30 Å². The average molecular weight is 580 g/mol. The lowest BCUT2D eigenvalue weighted by molar-refractivity contribution is 0.387. The van der Waals surface area contributed by atoms with E-state index in [0.29, 0.717) is 0 Å². The first-order valence-corrected chi connectivity index (χ1v) is 15.6. The number of fused-ring (bicyclic) bond motifs is 3. The Hall–Kier alpha value is -5.44. The van der Waals surface area contributed by atoms with Gasteiger partial charge in [0.1, 0.15) is 0 Å². The first-order chi connectivity index (χ1) is 22.3. The summed E-state index contributed by atoms with van der Waals surface area (Å²) in [6.07, 6.45) is 4.93. The van der Waals surface area contributed by atoms with Crippen molar-refractivity contribution >= 4 is 45.1 Å². The summed E-state index contributed by atoms with van der Waals surface area (Å²) in [4.78, 5) is 0. The second-order valence-electron chi connectivity index (χ2n) is 11.7. The van der Waals surface area contributed by atoms with Crippen molar-refractivity contribution in [1.29, 1.82) is 0 Å². The van der Waals surface area contributed by atoms with Gasteiger partial charge in [-0.05, 0) is 80.9 Å². The van der Waals surface area contributed by atoms with Crippen molar-refractivity contribution in [2.24, 2.45) is 0 Å². The van der Waals surface area contributed by atoms with E-state index < -0.39 is 0 Å². The van der Waals surface area contributed by atoms with Gasteiger partial charge in [0.2, 0.25) is 0 Å². The second-order valence-corrected chi connectivity index (χ2v) is 11.7. The van der Waals surface area contributed by atoms with E-state index in [1.165, 1.54) is 66.3 Å². The van der Waals surface area contributed by atoms with Crippen LogP contribution >= 0.6 is 0 Å². The van der Waals surface area contributed by atoms with Crippen LogP contribution in [0.2, 0.25) is 0 Å². The molecule has 1 saturated heterocycles. The zero-order chi connectivity index (χ0) is 30.0. The lowest BCUT2D eigenvalue weighted by atomic mass is 9.94. The smallest absolute Gasteiger partial charge is 0.0988 e. The van der Waals surface area contributed by atoms with Crippen LogP contribution in [0.1, 0.15) is 33.4 Å². The molecule has 0 radical (unpaired) electrons. The number of nitrogens with zero attached hydrogens (tertiary/aromatic N) is 1. The minimum absolute atomic E-state index is 0.286. The summed E-state index contributed by atoms with van der Waals surface area (Å²) < 4.78 is 8.13. The van der Waals surface area contributed by atoms with E-state index in [4.69, 9.17) is 4.74 Å². The molecule has 0 N–H and O–H groups in total. The second kappa shape index (κ2) is 11.9. The number of ether oxygens (including phenoxy) is 1. The van der Waals surface area contributed by atoms with E-state index in [1.807, 2.05) is 0 Å². The minimum atomic E-state index is 0.286. The van der Waals surface area contributed by atoms with E-state index in [1.54, 1.807) is 0 Å². The first-order valence-electron chi connectivity index (χ1n) is 15.6. The molecular formula is C43H33NO. The van der Waals surface area contributed by atoms with Crippen molar-refractivity contribution in [3.63, 3.8) is 0 Å². The maximum atomic E-state index is 5.69. The van der Waals surface area contributed by atoms with Crippen molar-refractivity contribution in [2.75, 3.05) is 6.61 Å². The molecule has 2 heteroatoms. The van der Waals surface area contributed by atoms with Crippen molar-refractivity contribution in [1.82, 2.24) is 4.57 Å². The molecule has 1 aromatic heterocycles. The third kappa shape index (κ3) is 5.64. The van der Waals surface area contributed by atoms with Crippen LogP contribution in [-0.2, 0) is 11.3 Å². The third-order valence-electron chi connectivity index (χ3n) is 8.66. The highest BCUT2D eigenvalue weighted by Crippen LogP contribution is 2.35. The molecule has 0 aliphatic carbocycles. The number of hydrogen-bond donors (Lipinski definition) is 0. The van der Waals surface area contributed by atoms with Crippen LogP contribution in [-0.4, -0.2) is 17.3 Å². The van der Waals surface area contributed by atoms with Crippen molar-refractivity contribution < 1.29 is 4.74 Å². The van der Waals surface area contributed by atoms with Gasteiger partial charge in [-0.25, -0.2) is 0 Å². The molecular weight excluding hydrogens is 546 g/mol.